The minimum atomic E-state index is -0.614. The van der Waals surface area contributed by atoms with Crippen molar-refractivity contribution in [2.45, 2.75) is 6.54 Å². The molecule has 2 aromatic carbocycles. The lowest BCUT2D eigenvalue weighted by Gasteiger charge is -2.10. The predicted octanol–water partition coefficient (Wildman–Crippen LogP) is 3.25. The molecule has 2 amide bonds. The molecule has 0 bridgehead atoms. The summed E-state index contributed by atoms with van der Waals surface area (Å²) < 4.78 is 0. The number of nitro groups is 1. The van der Waals surface area contributed by atoms with Crippen molar-refractivity contribution in [2.24, 2.45) is 5.73 Å². The first-order valence-electron chi connectivity index (χ1n) is 7.45. The highest BCUT2D eigenvalue weighted by molar-refractivity contribution is 5.99. The SMILES string of the molecule is NC(=O)Nc1ccc(CNc2ccc([N+](=O)[O-])c3cnccc23)cc1. The van der Waals surface area contributed by atoms with Crippen molar-refractivity contribution in [3.63, 3.8) is 0 Å². The van der Waals surface area contributed by atoms with Gasteiger partial charge in [0.25, 0.3) is 5.69 Å². The molecular weight excluding hydrogens is 322 g/mol. The molecule has 25 heavy (non-hydrogen) atoms. The molecule has 3 aromatic rings. The second-order valence-corrected chi connectivity index (χ2v) is 5.35. The van der Waals surface area contributed by atoms with Crippen LogP contribution in [0.25, 0.3) is 10.8 Å². The van der Waals surface area contributed by atoms with Gasteiger partial charge in [0.1, 0.15) is 0 Å². The van der Waals surface area contributed by atoms with Crippen LogP contribution < -0.4 is 16.4 Å². The lowest BCUT2D eigenvalue weighted by Crippen LogP contribution is -2.19. The van der Waals surface area contributed by atoms with Crippen LogP contribution in [-0.2, 0) is 6.54 Å². The Balaban J connectivity index is 1.81. The summed E-state index contributed by atoms with van der Waals surface area (Å²) in [6, 6.07) is 11.5. The molecule has 0 aliphatic rings. The largest absolute Gasteiger partial charge is 0.380 e. The van der Waals surface area contributed by atoms with Crippen LogP contribution in [0, 0.1) is 10.1 Å². The maximum Gasteiger partial charge on any atom is 0.316 e. The molecule has 8 heteroatoms. The summed E-state index contributed by atoms with van der Waals surface area (Å²) in [5, 5.41) is 18.1. The number of pyridine rings is 1. The zero-order valence-corrected chi connectivity index (χ0v) is 13.1. The van der Waals surface area contributed by atoms with E-state index in [4.69, 9.17) is 5.73 Å². The van der Waals surface area contributed by atoms with Gasteiger partial charge in [0, 0.05) is 41.8 Å². The van der Waals surface area contributed by atoms with Crippen molar-refractivity contribution in [1.82, 2.24) is 4.98 Å². The summed E-state index contributed by atoms with van der Waals surface area (Å²) in [5.41, 5.74) is 7.47. The second kappa shape index (κ2) is 6.83. The molecule has 0 atom stereocenters. The topological polar surface area (TPSA) is 123 Å². The van der Waals surface area contributed by atoms with E-state index in [-0.39, 0.29) is 5.69 Å². The zero-order valence-electron chi connectivity index (χ0n) is 13.1. The normalized spacial score (nSPS) is 10.4. The Morgan fingerprint density at radius 2 is 1.88 bits per heavy atom. The third-order valence-corrected chi connectivity index (χ3v) is 3.70. The Labute approximate surface area is 142 Å². The van der Waals surface area contributed by atoms with E-state index in [1.807, 2.05) is 12.1 Å². The first-order valence-corrected chi connectivity index (χ1v) is 7.45. The number of non-ortho nitro benzene ring substituents is 1. The van der Waals surface area contributed by atoms with Crippen LogP contribution in [0.1, 0.15) is 5.56 Å². The monoisotopic (exact) mass is 337 g/mol. The molecular formula is C17H15N5O3. The zero-order chi connectivity index (χ0) is 17.8. The van der Waals surface area contributed by atoms with Gasteiger partial charge in [0.2, 0.25) is 0 Å². The third kappa shape index (κ3) is 3.63. The number of urea groups is 1. The fraction of sp³-hybridized carbons (Fsp3) is 0.0588. The van der Waals surface area contributed by atoms with E-state index in [0.717, 1.165) is 16.6 Å². The van der Waals surface area contributed by atoms with Gasteiger partial charge >= 0.3 is 6.03 Å². The number of carbonyl (C=O) groups excluding carboxylic acids is 1. The number of fused-ring (bicyclic) bond motifs is 1. The average molecular weight is 337 g/mol. The first-order chi connectivity index (χ1) is 12.0. The number of carbonyl (C=O) groups is 1. The Kier molecular flexibility index (Phi) is 4.42. The van der Waals surface area contributed by atoms with Crippen LogP contribution in [0.4, 0.5) is 21.9 Å². The highest BCUT2D eigenvalue weighted by atomic mass is 16.6. The molecule has 3 rings (SSSR count). The highest BCUT2D eigenvalue weighted by Crippen LogP contribution is 2.30. The van der Waals surface area contributed by atoms with E-state index in [9.17, 15) is 14.9 Å². The molecule has 126 valence electrons. The lowest BCUT2D eigenvalue weighted by molar-refractivity contribution is -0.383. The maximum absolute atomic E-state index is 11.1. The quantitative estimate of drug-likeness (QED) is 0.487. The number of primary amides is 1. The summed E-state index contributed by atoms with van der Waals surface area (Å²) in [7, 11) is 0. The Morgan fingerprint density at radius 1 is 1.12 bits per heavy atom. The van der Waals surface area contributed by atoms with Crippen LogP contribution in [0.5, 0.6) is 0 Å². The molecule has 0 saturated heterocycles. The van der Waals surface area contributed by atoms with Crippen molar-refractivity contribution >= 4 is 33.9 Å². The van der Waals surface area contributed by atoms with Gasteiger partial charge in [-0.2, -0.15) is 0 Å². The van der Waals surface area contributed by atoms with Gasteiger partial charge < -0.3 is 16.4 Å². The van der Waals surface area contributed by atoms with Crippen LogP contribution in [0.15, 0.2) is 54.9 Å². The molecule has 4 N–H and O–H groups in total. The Morgan fingerprint density at radius 3 is 2.56 bits per heavy atom. The molecule has 0 saturated carbocycles. The van der Waals surface area contributed by atoms with Gasteiger partial charge in [-0.1, -0.05) is 12.1 Å². The average Bonchev–Trinajstić information content (AvgIpc) is 2.60. The van der Waals surface area contributed by atoms with E-state index in [1.165, 1.54) is 12.3 Å². The highest BCUT2D eigenvalue weighted by Gasteiger charge is 2.14. The summed E-state index contributed by atoms with van der Waals surface area (Å²) in [6.07, 6.45) is 3.09. The van der Waals surface area contributed by atoms with E-state index < -0.39 is 11.0 Å². The lowest BCUT2D eigenvalue weighted by atomic mass is 10.1. The summed E-state index contributed by atoms with van der Waals surface area (Å²) in [6.45, 7) is 0.520. The van der Waals surface area contributed by atoms with E-state index in [2.05, 4.69) is 15.6 Å². The van der Waals surface area contributed by atoms with Gasteiger partial charge in [-0.3, -0.25) is 15.1 Å². The molecule has 1 aromatic heterocycles. The second-order valence-electron chi connectivity index (χ2n) is 5.35. The predicted molar refractivity (Wildman–Crippen MR) is 95.4 cm³/mol. The van der Waals surface area contributed by atoms with Crippen molar-refractivity contribution < 1.29 is 9.72 Å². The molecule has 0 radical (unpaired) electrons. The number of nitrogens with one attached hydrogen (secondary N) is 2. The molecule has 0 aliphatic carbocycles. The first kappa shape index (κ1) is 16.2. The van der Waals surface area contributed by atoms with Crippen LogP contribution in [0.3, 0.4) is 0 Å². The Hall–Kier alpha value is -3.68. The number of rotatable bonds is 5. The number of nitrogens with two attached hydrogens (primary N) is 1. The van der Waals surface area contributed by atoms with Crippen molar-refractivity contribution in [3.8, 4) is 0 Å². The third-order valence-electron chi connectivity index (χ3n) is 3.70. The molecule has 0 fully saturated rings. The number of hydrogen-bond acceptors (Lipinski definition) is 5. The van der Waals surface area contributed by atoms with Crippen LogP contribution in [-0.4, -0.2) is 15.9 Å². The molecule has 1 heterocycles. The molecule has 0 spiro atoms. The number of hydrogen-bond donors (Lipinski definition) is 3. The van der Waals surface area contributed by atoms with E-state index >= 15 is 0 Å². The number of benzene rings is 2. The van der Waals surface area contributed by atoms with Gasteiger partial charge in [0.15, 0.2) is 0 Å². The number of nitrogens with zero attached hydrogens (tertiary/aromatic N) is 2. The summed E-state index contributed by atoms with van der Waals surface area (Å²) >= 11 is 0. The minimum absolute atomic E-state index is 0.0236. The van der Waals surface area contributed by atoms with Crippen LogP contribution in [0.2, 0.25) is 0 Å². The summed E-state index contributed by atoms with van der Waals surface area (Å²) in [5.74, 6) is 0. The fourth-order valence-corrected chi connectivity index (χ4v) is 2.53. The van der Waals surface area contributed by atoms with Crippen LogP contribution >= 0.6 is 0 Å². The molecule has 0 unspecified atom stereocenters. The van der Waals surface area contributed by atoms with Crippen molar-refractivity contribution in [1.29, 1.82) is 0 Å². The number of anilines is 2. The van der Waals surface area contributed by atoms with Gasteiger partial charge in [-0.15, -0.1) is 0 Å². The number of nitro benzene ring substituents is 1. The Bertz CT molecular complexity index is 941. The van der Waals surface area contributed by atoms with E-state index in [0.29, 0.717) is 17.6 Å². The van der Waals surface area contributed by atoms with Crippen molar-refractivity contribution in [3.05, 3.63) is 70.5 Å². The smallest absolute Gasteiger partial charge is 0.316 e. The van der Waals surface area contributed by atoms with Gasteiger partial charge in [-0.05, 0) is 29.8 Å². The molecule has 0 aliphatic heterocycles. The minimum Gasteiger partial charge on any atom is -0.380 e. The molecule has 8 nitrogen and oxygen atoms in total. The number of aromatic nitrogens is 1. The fourth-order valence-electron chi connectivity index (χ4n) is 2.53. The summed E-state index contributed by atoms with van der Waals surface area (Å²) in [4.78, 5) is 25.5. The van der Waals surface area contributed by atoms with Crippen molar-refractivity contribution in [2.75, 3.05) is 10.6 Å². The van der Waals surface area contributed by atoms with Gasteiger partial charge in [0.05, 0.1) is 10.3 Å². The number of amides is 2. The standard InChI is InChI=1S/C17H15N5O3/c18-17(23)21-12-3-1-11(2-4-12)9-20-15-5-6-16(22(24)25)14-10-19-8-7-13(14)15/h1-8,10,20H,9H2,(H3,18,21,23). The van der Waals surface area contributed by atoms with E-state index in [1.54, 1.807) is 30.5 Å². The van der Waals surface area contributed by atoms with Gasteiger partial charge in [-0.25, -0.2) is 4.79 Å². The maximum atomic E-state index is 11.1.